The standard InChI is InChI=1S/C27H31BrN4O5/c1-17-7-9-19(10-8-17)26(36)31-11-12-32(27(37)20-13-21(28)16-29-15-20)25(31)24(35)30-22(14-23(33)34)18-5-3-2-4-6-18/h7-10,13,15-16,18,22,25H,2-6,11-12,14H2,1H3,(H,30,35)(H,33,34). The number of hydrogen-bond acceptors (Lipinski definition) is 5. The average Bonchev–Trinajstić information content (AvgIpc) is 3.33. The Hall–Kier alpha value is -3.27. The van der Waals surface area contributed by atoms with Crippen LogP contribution in [0.1, 0.15) is 64.8 Å². The summed E-state index contributed by atoms with van der Waals surface area (Å²) in [5.74, 6) is -2.31. The molecule has 2 aliphatic rings. The smallest absolute Gasteiger partial charge is 0.305 e. The second-order valence-corrected chi connectivity index (χ2v) is 10.7. The molecule has 1 aromatic carbocycles. The minimum Gasteiger partial charge on any atom is -0.481 e. The first-order valence-electron chi connectivity index (χ1n) is 12.6. The first-order chi connectivity index (χ1) is 17.7. The summed E-state index contributed by atoms with van der Waals surface area (Å²) in [6.45, 7) is 2.25. The van der Waals surface area contributed by atoms with Crippen LogP contribution in [0, 0.1) is 12.8 Å². The van der Waals surface area contributed by atoms with Gasteiger partial charge >= 0.3 is 5.97 Å². The number of halogens is 1. The number of hydrogen-bond donors (Lipinski definition) is 2. The fraction of sp³-hybridized carbons (Fsp3) is 0.444. The quantitative estimate of drug-likeness (QED) is 0.524. The predicted octanol–water partition coefficient (Wildman–Crippen LogP) is 3.62. The molecule has 2 N–H and O–H groups in total. The first kappa shape index (κ1) is 26.8. The SMILES string of the molecule is Cc1ccc(C(=O)N2CCN(C(=O)c3cncc(Br)c3)C2C(=O)NC(CC(=O)O)C2CCCCC2)cc1. The molecule has 37 heavy (non-hydrogen) atoms. The van der Waals surface area contributed by atoms with Crippen LogP contribution in [0.25, 0.3) is 0 Å². The normalized spacial score (nSPS) is 18.9. The van der Waals surface area contributed by atoms with Crippen LogP contribution in [0.15, 0.2) is 47.2 Å². The highest BCUT2D eigenvalue weighted by Gasteiger charge is 2.44. The molecule has 2 fully saturated rings. The highest BCUT2D eigenvalue weighted by Crippen LogP contribution is 2.29. The van der Waals surface area contributed by atoms with Crippen molar-refractivity contribution in [1.29, 1.82) is 0 Å². The van der Waals surface area contributed by atoms with Crippen molar-refractivity contribution < 1.29 is 24.3 Å². The van der Waals surface area contributed by atoms with E-state index in [1.807, 2.05) is 19.1 Å². The van der Waals surface area contributed by atoms with E-state index in [2.05, 4.69) is 26.2 Å². The molecule has 1 saturated carbocycles. The zero-order valence-electron chi connectivity index (χ0n) is 20.7. The molecule has 196 valence electrons. The van der Waals surface area contributed by atoms with E-state index in [1.165, 1.54) is 16.0 Å². The van der Waals surface area contributed by atoms with Crippen LogP contribution in [0.4, 0.5) is 0 Å². The Balaban J connectivity index is 1.64. The van der Waals surface area contributed by atoms with Crippen LogP contribution in [0.2, 0.25) is 0 Å². The lowest BCUT2D eigenvalue weighted by atomic mass is 9.82. The van der Waals surface area contributed by atoms with Crippen LogP contribution in [-0.4, -0.2) is 68.9 Å². The number of carboxylic acids is 1. The summed E-state index contributed by atoms with van der Waals surface area (Å²) >= 11 is 3.32. The molecule has 1 aliphatic carbocycles. The summed E-state index contributed by atoms with van der Waals surface area (Å²) in [5.41, 5.74) is 1.69. The average molecular weight is 571 g/mol. The molecule has 2 aromatic rings. The van der Waals surface area contributed by atoms with E-state index >= 15 is 0 Å². The van der Waals surface area contributed by atoms with Crippen molar-refractivity contribution in [1.82, 2.24) is 20.1 Å². The summed E-state index contributed by atoms with van der Waals surface area (Å²) in [7, 11) is 0. The monoisotopic (exact) mass is 570 g/mol. The van der Waals surface area contributed by atoms with Crippen molar-refractivity contribution in [3.8, 4) is 0 Å². The van der Waals surface area contributed by atoms with Crippen LogP contribution in [0.5, 0.6) is 0 Å². The number of carbonyl (C=O) groups is 4. The van der Waals surface area contributed by atoms with Crippen molar-refractivity contribution in [2.45, 2.75) is 57.7 Å². The van der Waals surface area contributed by atoms with Gasteiger partial charge in [0.2, 0.25) is 0 Å². The number of pyridine rings is 1. The number of aromatic nitrogens is 1. The van der Waals surface area contributed by atoms with E-state index in [0.717, 1.165) is 37.7 Å². The largest absolute Gasteiger partial charge is 0.481 e. The number of rotatable bonds is 7. The molecule has 2 atom stereocenters. The Morgan fingerprint density at radius 1 is 1.00 bits per heavy atom. The molecular weight excluding hydrogens is 540 g/mol. The van der Waals surface area contributed by atoms with E-state index in [9.17, 15) is 24.3 Å². The van der Waals surface area contributed by atoms with Crippen LogP contribution >= 0.6 is 15.9 Å². The van der Waals surface area contributed by atoms with E-state index in [4.69, 9.17) is 0 Å². The Morgan fingerprint density at radius 3 is 2.22 bits per heavy atom. The van der Waals surface area contributed by atoms with E-state index in [1.54, 1.807) is 24.4 Å². The third kappa shape index (κ3) is 6.36. The van der Waals surface area contributed by atoms with Gasteiger partial charge in [0.25, 0.3) is 17.7 Å². The zero-order chi connectivity index (χ0) is 26.5. The Kier molecular flexibility index (Phi) is 8.58. The zero-order valence-corrected chi connectivity index (χ0v) is 22.3. The lowest BCUT2D eigenvalue weighted by molar-refractivity contribution is -0.138. The number of aryl methyl sites for hydroxylation is 1. The van der Waals surface area contributed by atoms with Crippen molar-refractivity contribution in [2.75, 3.05) is 13.1 Å². The molecule has 1 aromatic heterocycles. The van der Waals surface area contributed by atoms with Crippen LogP contribution in [0.3, 0.4) is 0 Å². The van der Waals surface area contributed by atoms with Gasteiger partial charge in [-0.1, -0.05) is 37.0 Å². The number of aliphatic carboxylic acids is 1. The number of amides is 3. The highest BCUT2D eigenvalue weighted by atomic mass is 79.9. The number of carboxylic acid groups (broad SMARTS) is 1. The predicted molar refractivity (Wildman–Crippen MR) is 140 cm³/mol. The summed E-state index contributed by atoms with van der Waals surface area (Å²) < 4.78 is 0.616. The van der Waals surface area contributed by atoms with E-state index in [0.29, 0.717) is 10.0 Å². The molecule has 0 radical (unpaired) electrons. The maximum Gasteiger partial charge on any atom is 0.305 e. The van der Waals surface area contributed by atoms with Gasteiger partial charge in [0.05, 0.1) is 12.0 Å². The van der Waals surface area contributed by atoms with Crippen LogP contribution in [-0.2, 0) is 9.59 Å². The van der Waals surface area contributed by atoms with Gasteiger partial charge in [-0.05, 0) is 59.8 Å². The van der Waals surface area contributed by atoms with Gasteiger partial charge < -0.3 is 20.2 Å². The molecule has 1 saturated heterocycles. The van der Waals surface area contributed by atoms with Crippen molar-refractivity contribution in [3.63, 3.8) is 0 Å². The van der Waals surface area contributed by atoms with Crippen molar-refractivity contribution >= 4 is 39.6 Å². The summed E-state index contributed by atoms with van der Waals surface area (Å²) in [6, 6.07) is 8.08. The molecule has 4 rings (SSSR count). The topological polar surface area (TPSA) is 120 Å². The number of nitrogens with one attached hydrogen (secondary N) is 1. The Bertz CT molecular complexity index is 1170. The molecule has 3 amide bonds. The minimum atomic E-state index is -1.21. The molecule has 10 heteroatoms. The lowest BCUT2D eigenvalue weighted by Crippen LogP contribution is -2.57. The second kappa shape index (κ2) is 11.9. The molecule has 2 unspecified atom stereocenters. The maximum absolute atomic E-state index is 13.8. The molecule has 2 heterocycles. The molecule has 9 nitrogen and oxygen atoms in total. The molecule has 1 aliphatic heterocycles. The van der Waals surface area contributed by atoms with Gasteiger partial charge in [-0.25, -0.2) is 0 Å². The number of benzene rings is 1. The minimum absolute atomic E-state index is 0.0369. The Labute approximate surface area is 224 Å². The van der Waals surface area contributed by atoms with Gasteiger partial charge in [0, 0.05) is 41.6 Å². The van der Waals surface area contributed by atoms with Gasteiger partial charge in [-0.3, -0.25) is 24.2 Å². The molecular formula is C27H31BrN4O5. The van der Waals surface area contributed by atoms with Crippen molar-refractivity contribution in [3.05, 3.63) is 63.9 Å². The highest BCUT2D eigenvalue weighted by molar-refractivity contribution is 9.10. The van der Waals surface area contributed by atoms with E-state index in [-0.39, 0.29) is 36.9 Å². The fourth-order valence-corrected chi connectivity index (χ4v) is 5.58. The first-order valence-corrected chi connectivity index (χ1v) is 13.3. The number of carbonyl (C=O) groups excluding carboxylic acids is 3. The molecule has 0 spiro atoms. The summed E-state index contributed by atoms with van der Waals surface area (Å²) in [5, 5.41) is 12.4. The van der Waals surface area contributed by atoms with Gasteiger partial charge in [-0.2, -0.15) is 0 Å². The lowest BCUT2D eigenvalue weighted by Gasteiger charge is -2.34. The van der Waals surface area contributed by atoms with E-state index < -0.39 is 30.0 Å². The summed E-state index contributed by atoms with van der Waals surface area (Å²) in [4.78, 5) is 59.2. The van der Waals surface area contributed by atoms with Gasteiger partial charge in [0.15, 0.2) is 6.17 Å². The number of nitrogens with zero attached hydrogens (tertiary/aromatic N) is 3. The maximum atomic E-state index is 13.8. The van der Waals surface area contributed by atoms with Gasteiger partial charge in [-0.15, -0.1) is 0 Å². The second-order valence-electron chi connectivity index (χ2n) is 9.74. The third-order valence-corrected chi connectivity index (χ3v) is 7.55. The Morgan fingerprint density at radius 2 is 1.62 bits per heavy atom. The third-order valence-electron chi connectivity index (χ3n) is 7.12. The summed E-state index contributed by atoms with van der Waals surface area (Å²) in [6.07, 6.45) is 6.29. The van der Waals surface area contributed by atoms with Crippen LogP contribution < -0.4 is 5.32 Å². The fourth-order valence-electron chi connectivity index (χ4n) is 5.21. The van der Waals surface area contributed by atoms with Crippen molar-refractivity contribution in [2.24, 2.45) is 5.92 Å². The molecule has 0 bridgehead atoms. The van der Waals surface area contributed by atoms with Gasteiger partial charge in [0.1, 0.15) is 0 Å².